The van der Waals surface area contributed by atoms with Gasteiger partial charge in [-0.3, -0.25) is 43.3 Å². The Morgan fingerprint density at radius 1 is 0.881 bits per heavy atom. The van der Waals surface area contributed by atoms with Crippen molar-refractivity contribution in [1.82, 2.24) is 25.1 Å². The van der Waals surface area contributed by atoms with Gasteiger partial charge in [-0.25, -0.2) is 4.98 Å². The molecular formula is C48H55F2N5O12. The average Bonchev–Trinajstić information content (AvgIpc) is 3.92. The van der Waals surface area contributed by atoms with Crippen LogP contribution in [0.25, 0.3) is 22.3 Å². The maximum atomic E-state index is 14.1. The maximum absolute atomic E-state index is 14.1. The van der Waals surface area contributed by atoms with E-state index in [0.29, 0.717) is 71.9 Å². The van der Waals surface area contributed by atoms with Gasteiger partial charge in [-0.15, -0.1) is 8.78 Å². The summed E-state index contributed by atoms with van der Waals surface area (Å²) >= 11 is 0. The zero-order chi connectivity index (χ0) is 48.4. The summed E-state index contributed by atoms with van der Waals surface area (Å²) in [6, 6.07) is 3.57. The Kier molecular flexibility index (Phi) is 14.5. The van der Waals surface area contributed by atoms with E-state index < -0.39 is 41.6 Å². The smallest absolute Gasteiger partial charge is 0.395 e. The standard InChI is InChI=1S/C48H55F2N5O12/c1-5-47(64)34-22-36-43-33(24-55(36)46(63)31(34)13-14-40(47)58)30(32-21-38-39(23-35(32)53-43)67-48(49,50)66-38)12-8-10-18-65-25-51-44(61)27(3)20-37(57)28(4)52-45(62)26(2)19-29(56)11-7-6-9-17-54-41(59)15-16-42(54)60/h15-16,21-23,26-28,64H,5-14,17-20,24-25H2,1-4H3,(H,51,61)(H,52,62)/t26-,27-,28+,47+/m1/s1. The molecule has 0 spiro atoms. The monoisotopic (exact) mass is 931 g/mol. The van der Waals surface area contributed by atoms with Crippen LogP contribution in [-0.2, 0) is 63.3 Å². The van der Waals surface area contributed by atoms with Crippen molar-refractivity contribution in [3.8, 4) is 22.9 Å². The minimum absolute atomic E-state index is 0.00687. The quantitative estimate of drug-likeness (QED) is 0.0563. The summed E-state index contributed by atoms with van der Waals surface area (Å²) < 4.78 is 45.0. The minimum atomic E-state index is -3.86. The highest BCUT2D eigenvalue weighted by Gasteiger charge is 2.45. The number of benzene rings is 1. The van der Waals surface area contributed by atoms with Crippen LogP contribution in [0.3, 0.4) is 0 Å². The molecule has 1 aliphatic carbocycles. The third kappa shape index (κ3) is 10.4. The van der Waals surface area contributed by atoms with Crippen LogP contribution in [0.15, 0.2) is 35.1 Å². The van der Waals surface area contributed by atoms with Crippen molar-refractivity contribution in [2.45, 2.75) is 129 Å². The van der Waals surface area contributed by atoms with Gasteiger partial charge in [0.1, 0.15) is 18.1 Å². The molecule has 0 saturated heterocycles. The normalized spacial score (nSPS) is 19.0. The molecule has 4 aliphatic rings. The van der Waals surface area contributed by atoms with E-state index in [1.165, 1.54) is 31.2 Å². The number of aryl methyl sites for hydroxylation is 1. The fourth-order valence-electron chi connectivity index (χ4n) is 9.11. The molecule has 0 saturated carbocycles. The predicted octanol–water partition coefficient (Wildman–Crippen LogP) is 4.45. The summed E-state index contributed by atoms with van der Waals surface area (Å²) in [5.41, 5.74) is 1.12. The highest BCUT2D eigenvalue weighted by atomic mass is 19.3. The predicted molar refractivity (Wildman–Crippen MR) is 236 cm³/mol. The first-order chi connectivity index (χ1) is 31.8. The van der Waals surface area contributed by atoms with Gasteiger partial charge >= 0.3 is 6.29 Å². The Hall–Kier alpha value is -6.21. The van der Waals surface area contributed by atoms with Gasteiger partial charge in [0.2, 0.25) is 11.8 Å². The van der Waals surface area contributed by atoms with Crippen LogP contribution in [0.5, 0.6) is 11.5 Å². The van der Waals surface area contributed by atoms with Crippen LogP contribution in [-0.4, -0.2) is 92.8 Å². The summed E-state index contributed by atoms with van der Waals surface area (Å²) in [7, 11) is 0. The number of nitrogens with zero attached hydrogens (tertiary/aromatic N) is 3. The topological polar surface area (TPSA) is 230 Å². The largest absolute Gasteiger partial charge is 0.586 e. The van der Waals surface area contributed by atoms with E-state index >= 15 is 0 Å². The molecule has 0 radical (unpaired) electrons. The van der Waals surface area contributed by atoms with Crippen molar-refractivity contribution < 1.29 is 61.7 Å². The number of hydrogen-bond acceptors (Lipinski definition) is 13. The Bertz CT molecular complexity index is 2610. The van der Waals surface area contributed by atoms with Crippen molar-refractivity contribution in [3.05, 3.63) is 63.0 Å². The van der Waals surface area contributed by atoms with Gasteiger partial charge in [-0.2, -0.15) is 0 Å². The third-order valence-corrected chi connectivity index (χ3v) is 13.0. The number of amides is 4. The fraction of sp³-hybridized carbons (Fsp3) is 0.521. The molecule has 0 unspecified atom stereocenters. The Morgan fingerprint density at radius 2 is 1.58 bits per heavy atom. The van der Waals surface area contributed by atoms with Crippen molar-refractivity contribution in [3.63, 3.8) is 0 Å². The number of pyridine rings is 2. The number of unbranched alkanes of at least 4 members (excludes halogenated alkanes) is 3. The number of nitrogens with one attached hydrogen (secondary N) is 2. The lowest BCUT2D eigenvalue weighted by atomic mass is 9.77. The van der Waals surface area contributed by atoms with Crippen LogP contribution in [0, 0.1) is 11.8 Å². The Labute approximate surface area is 384 Å². The molecule has 3 N–H and O–H groups in total. The summed E-state index contributed by atoms with van der Waals surface area (Å²) in [6.45, 7) is 6.90. The molecule has 3 aromatic rings. The molecule has 17 nitrogen and oxygen atoms in total. The zero-order valence-corrected chi connectivity index (χ0v) is 38.0. The molecule has 7 rings (SSSR count). The van der Waals surface area contributed by atoms with E-state index in [9.17, 15) is 52.2 Å². The molecular weight excluding hydrogens is 877 g/mol. The second-order valence-corrected chi connectivity index (χ2v) is 17.8. The molecule has 358 valence electrons. The van der Waals surface area contributed by atoms with Gasteiger partial charge in [0, 0.05) is 91.0 Å². The summed E-state index contributed by atoms with van der Waals surface area (Å²) in [4.78, 5) is 107. The first-order valence-electron chi connectivity index (χ1n) is 22.8. The van der Waals surface area contributed by atoms with E-state index in [2.05, 4.69) is 10.6 Å². The van der Waals surface area contributed by atoms with Crippen LogP contribution < -0.4 is 25.7 Å². The number of carbonyl (C=O) groups is 7. The SMILES string of the molecule is CC[C@@]1(O)C(=O)CCc2c1cc1n(c2=O)Cc2c-1nc1cc3c(cc1c2CCCCOCNC(=O)[C@H](C)CC(=O)[C@H](C)NC(=O)[C@H](C)CC(=O)CCCCCN1C(=O)C=CC1=O)OC(F)(F)O3. The van der Waals surface area contributed by atoms with Crippen molar-refractivity contribution in [2.75, 3.05) is 19.9 Å². The van der Waals surface area contributed by atoms with Gasteiger partial charge in [0.15, 0.2) is 23.1 Å². The van der Waals surface area contributed by atoms with Gasteiger partial charge < -0.3 is 34.5 Å². The number of ketones is 3. The van der Waals surface area contributed by atoms with E-state index in [1.54, 1.807) is 31.4 Å². The first kappa shape index (κ1) is 48.7. The Balaban J connectivity index is 0.868. The van der Waals surface area contributed by atoms with E-state index in [4.69, 9.17) is 19.2 Å². The van der Waals surface area contributed by atoms with Crippen LogP contribution in [0.2, 0.25) is 0 Å². The van der Waals surface area contributed by atoms with Crippen molar-refractivity contribution >= 4 is 51.9 Å². The highest BCUT2D eigenvalue weighted by molar-refractivity contribution is 6.12. The van der Waals surface area contributed by atoms with Crippen LogP contribution >= 0.6 is 0 Å². The molecule has 0 bridgehead atoms. The molecule has 3 aliphatic heterocycles. The second kappa shape index (κ2) is 19.9. The fourth-order valence-corrected chi connectivity index (χ4v) is 9.11. The number of ether oxygens (including phenoxy) is 3. The van der Waals surface area contributed by atoms with E-state index in [0.717, 1.165) is 10.5 Å². The third-order valence-electron chi connectivity index (χ3n) is 13.0. The second-order valence-electron chi connectivity index (χ2n) is 17.8. The lowest BCUT2D eigenvalue weighted by Crippen LogP contribution is -2.43. The van der Waals surface area contributed by atoms with Crippen molar-refractivity contribution in [1.29, 1.82) is 0 Å². The maximum Gasteiger partial charge on any atom is 0.586 e. The number of hydrogen-bond donors (Lipinski definition) is 3. The van der Waals surface area contributed by atoms with E-state index in [-0.39, 0.29) is 117 Å². The number of aromatic nitrogens is 2. The summed E-state index contributed by atoms with van der Waals surface area (Å²) in [5, 5.41) is 17.2. The summed E-state index contributed by atoms with van der Waals surface area (Å²) in [5.74, 6) is -4.17. The number of aliphatic hydroxyl groups is 1. The number of carbonyl (C=O) groups excluding carboxylic acids is 7. The molecule has 0 fully saturated rings. The number of rotatable bonds is 22. The highest BCUT2D eigenvalue weighted by Crippen LogP contribution is 2.46. The first-order valence-corrected chi connectivity index (χ1v) is 22.8. The lowest BCUT2D eigenvalue weighted by molar-refractivity contribution is -0.286. The molecule has 4 atom stereocenters. The Morgan fingerprint density at radius 3 is 2.30 bits per heavy atom. The number of alkyl halides is 2. The van der Waals surface area contributed by atoms with Gasteiger partial charge in [-0.05, 0) is 69.6 Å². The molecule has 2 aromatic heterocycles. The molecule has 67 heavy (non-hydrogen) atoms. The summed E-state index contributed by atoms with van der Waals surface area (Å²) in [6.07, 6.45) is 2.24. The zero-order valence-electron chi connectivity index (χ0n) is 38.0. The van der Waals surface area contributed by atoms with Gasteiger partial charge in [0.25, 0.3) is 17.4 Å². The van der Waals surface area contributed by atoms with Gasteiger partial charge in [0.05, 0.1) is 29.5 Å². The number of Topliss-reactive ketones (excluding diaryl/α,β-unsaturated/α-hetero) is 3. The molecule has 5 heterocycles. The number of imide groups is 1. The number of halogens is 2. The number of fused-ring (bicyclic) bond motifs is 6. The average molecular weight is 932 g/mol. The molecule has 4 amide bonds. The van der Waals surface area contributed by atoms with E-state index in [1.807, 2.05) is 0 Å². The molecule has 1 aromatic carbocycles. The minimum Gasteiger partial charge on any atom is -0.395 e. The van der Waals surface area contributed by atoms with Crippen LogP contribution in [0.1, 0.15) is 114 Å². The van der Waals surface area contributed by atoms with Crippen LogP contribution in [0.4, 0.5) is 8.78 Å². The molecule has 19 heteroatoms. The van der Waals surface area contributed by atoms with Gasteiger partial charge in [-0.1, -0.05) is 27.2 Å². The van der Waals surface area contributed by atoms with Crippen molar-refractivity contribution in [2.24, 2.45) is 11.8 Å². The lowest BCUT2D eigenvalue weighted by Gasteiger charge is -2.32.